The maximum absolute atomic E-state index is 12.6. The summed E-state index contributed by atoms with van der Waals surface area (Å²) >= 11 is 11.6. The summed E-state index contributed by atoms with van der Waals surface area (Å²) in [7, 11) is 0. The third-order valence-electron chi connectivity index (χ3n) is 2.91. The van der Waals surface area contributed by atoms with E-state index in [2.05, 4.69) is 5.43 Å². The lowest BCUT2D eigenvalue weighted by atomic mass is 10.1. The van der Waals surface area contributed by atoms with E-state index in [9.17, 15) is 22.8 Å². The van der Waals surface area contributed by atoms with Gasteiger partial charge in [-0.05, 0) is 36.4 Å². The highest BCUT2D eigenvalue weighted by Crippen LogP contribution is 2.29. The van der Waals surface area contributed by atoms with Crippen molar-refractivity contribution >= 4 is 35.0 Å². The molecule has 2 aromatic rings. The van der Waals surface area contributed by atoms with Crippen molar-refractivity contribution in [1.82, 2.24) is 10.9 Å². The lowest BCUT2D eigenvalue weighted by Crippen LogP contribution is -2.41. The van der Waals surface area contributed by atoms with E-state index < -0.39 is 23.6 Å². The highest BCUT2D eigenvalue weighted by Gasteiger charge is 2.30. The maximum atomic E-state index is 12.6. The van der Waals surface area contributed by atoms with Gasteiger partial charge < -0.3 is 0 Å². The number of hydrogen-bond acceptors (Lipinski definition) is 2. The molecule has 0 atom stereocenters. The van der Waals surface area contributed by atoms with Gasteiger partial charge in [0.15, 0.2) is 0 Å². The van der Waals surface area contributed by atoms with Crippen LogP contribution in [0.25, 0.3) is 0 Å². The zero-order valence-corrected chi connectivity index (χ0v) is 13.3. The Morgan fingerprint density at radius 1 is 0.917 bits per heavy atom. The molecule has 126 valence electrons. The van der Waals surface area contributed by atoms with Crippen LogP contribution >= 0.6 is 23.2 Å². The van der Waals surface area contributed by atoms with Crippen LogP contribution < -0.4 is 10.9 Å². The van der Waals surface area contributed by atoms with E-state index in [0.29, 0.717) is 6.07 Å². The first kappa shape index (κ1) is 18.1. The van der Waals surface area contributed by atoms with Crippen molar-refractivity contribution in [2.45, 2.75) is 6.18 Å². The van der Waals surface area contributed by atoms with Gasteiger partial charge in [0.25, 0.3) is 11.8 Å². The number of alkyl halides is 3. The summed E-state index contributed by atoms with van der Waals surface area (Å²) in [6.45, 7) is 0. The molecular formula is C15H9Cl2F3N2O2. The van der Waals surface area contributed by atoms with Gasteiger partial charge >= 0.3 is 6.18 Å². The number of carbonyl (C=O) groups is 2. The molecule has 0 aliphatic heterocycles. The Bertz CT molecular complexity index is 795. The number of nitrogens with one attached hydrogen (secondary N) is 2. The SMILES string of the molecule is O=C(NNC(=O)c1cc(Cl)ccc1Cl)c1cccc(C(F)(F)F)c1. The Balaban J connectivity index is 2.08. The second kappa shape index (κ2) is 7.11. The molecule has 0 fully saturated rings. The molecular weight excluding hydrogens is 368 g/mol. The van der Waals surface area contributed by atoms with Crippen molar-refractivity contribution in [2.75, 3.05) is 0 Å². The molecule has 2 amide bonds. The van der Waals surface area contributed by atoms with Crippen LogP contribution in [-0.2, 0) is 6.18 Å². The summed E-state index contributed by atoms with van der Waals surface area (Å²) in [4.78, 5) is 23.8. The first-order valence-electron chi connectivity index (χ1n) is 6.41. The van der Waals surface area contributed by atoms with Crippen LogP contribution in [0, 0.1) is 0 Å². The summed E-state index contributed by atoms with van der Waals surface area (Å²) in [5.74, 6) is -1.67. The average molecular weight is 377 g/mol. The van der Waals surface area contributed by atoms with Crippen LogP contribution in [0.2, 0.25) is 10.0 Å². The van der Waals surface area contributed by atoms with Gasteiger partial charge in [-0.25, -0.2) is 0 Å². The fourth-order valence-corrected chi connectivity index (χ4v) is 2.14. The number of benzene rings is 2. The number of halogens is 5. The second-order valence-corrected chi connectivity index (χ2v) is 5.45. The smallest absolute Gasteiger partial charge is 0.267 e. The molecule has 0 aromatic heterocycles. The summed E-state index contributed by atoms with van der Waals surface area (Å²) in [5, 5.41) is 0.360. The van der Waals surface area contributed by atoms with Crippen LogP contribution in [0.4, 0.5) is 13.2 Å². The standard InChI is InChI=1S/C15H9Cl2F3N2O2/c16-10-4-5-12(17)11(7-10)14(24)22-21-13(23)8-2-1-3-9(6-8)15(18,19)20/h1-7H,(H,21,23)(H,22,24). The quantitative estimate of drug-likeness (QED) is 0.775. The Morgan fingerprint density at radius 2 is 1.58 bits per heavy atom. The van der Waals surface area contributed by atoms with E-state index in [1.807, 2.05) is 5.43 Å². The normalized spacial score (nSPS) is 11.0. The molecule has 2 rings (SSSR count). The molecule has 2 aromatic carbocycles. The number of hydrogen-bond donors (Lipinski definition) is 2. The first-order valence-corrected chi connectivity index (χ1v) is 7.17. The maximum Gasteiger partial charge on any atom is 0.416 e. The monoisotopic (exact) mass is 376 g/mol. The zero-order chi connectivity index (χ0) is 17.9. The van der Waals surface area contributed by atoms with Crippen LogP contribution in [0.1, 0.15) is 26.3 Å². The lowest BCUT2D eigenvalue weighted by molar-refractivity contribution is -0.137. The minimum atomic E-state index is -4.58. The molecule has 9 heteroatoms. The van der Waals surface area contributed by atoms with Gasteiger partial charge in [-0.15, -0.1) is 0 Å². The van der Waals surface area contributed by atoms with Gasteiger partial charge in [-0.1, -0.05) is 29.3 Å². The molecule has 24 heavy (non-hydrogen) atoms. The Labute approximate surface area is 144 Å². The van der Waals surface area contributed by atoms with E-state index in [1.54, 1.807) is 0 Å². The summed E-state index contributed by atoms with van der Waals surface area (Å²) in [6.07, 6.45) is -4.58. The van der Waals surface area contributed by atoms with Crippen LogP contribution in [-0.4, -0.2) is 11.8 Å². The number of carbonyl (C=O) groups excluding carboxylic acids is 2. The van der Waals surface area contributed by atoms with E-state index in [0.717, 1.165) is 12.1 Å². The Kier molecular flexibility index (Phi) is 5.36. The van der Waals surface area contributed by atoms with Gasteiger partial charge in [0.2, 0.25) is 0 Å². The lowest BCUT2D eigenvalue weighted by Gasteiger charge is -2.10. The molecule has 4 nitrogen and oxygen atoms in total. The predicted molar refractivity (Wildman–Crippen MR) is 82.8 cm³/mol. The first-order chi connectivity index (χ1) is 11.2. The molecule has 0 saturated carbocycles. The summed E-state index contributed by atoms with van der Waals surface area (Å²) in [6, 6.07) is 7.94. The van der Waals surface area contributed by atoms with E-state index >= 15 is 0 Å². The van der Waals surface area contributed by atoms with Crippen molar-refractivity contribution in [2.24, 2.45) is 0 Å². The van der Waals surface area contributed by atoms with Gasteiger partial charge in [-0.3, -0.25) is 20.4 Å². The molecule has 0 saturated heterocycles. The van der Waals surface area contributed by atoms with Gasteiger partial charge in [0.1, 0.15) is 0 Å². The van der Waals surface area contributed by atoms with Crippen molar-refractivity contribution in [1.29, 1.82) is 0 Å². The molecule has 2 N–H and O–H groups in total. The summed E-state index contributed by atoms with van der Waals surface area (Å²) < 4.78 is 37.9. The predicted octanol–water partition coefficient (Wildman–Crippen LogP) is 4.09. The second-order valence-electron chi connectivity index (χ2n) is 4.61. The average Bonchev–Trinajstić information content (AvgIpc) is 2.54. The Morgan fingerprint density at radius 3 is 2.25 bits per heavy atom. The Hall–Kier alpha value is -2.25. The van der Waals surface area contributed by atoms with E-state index in [4.69, 9.17) is 23.2 Å². The molecule has 0 bridgehead atoms. The highest BCUT2D eigenvalue weighted by molar-refractivity contribution is 6.35. The molecule has 0 aliphatic rings. The molecule has 0 heterocycles. The van der Waals surface area contributed by atoms with Crippen LogP contribution in [0.5, 0.6) is 0 Å². The fraction of sp³-hybridized carbons (Fsp3) is 0.0667. The van der Waals surface area contributed by atoms with Crippen LogP contribution in [0.15, 0.2) is 42.5 Å². The third kappa shape index (κ3) is 4.39. The highest BCUT2D eigenvalue weighted by atomic mass is 35.5. The summed E-state index contributed by atoms with van der Waals surface area (Å²) in [5.41, 5.74) is 2.85. The zero-order valence-electron chi connectivity index (χ0n) is 11.7. The largest absolute Gasteiger partial charge is 0.416 e. The minimum absolute atomic E-state index is 0.00788. The molecule has 0 aliphatic carbocycles. The number of hydrazine groups is 1. The fourth-order valence-electron chi connectivity index (χ4n) is 1.76. The van der Waals surface area contributed by atoms with Gasteiger partial charge in [-0.2, -0.15) is 13.2 Å². The van der Waals surface area contributed by atoms with Gasteiger partial charge in [0.05, 0.1) is 16.1 Å². The van der Waals surface area contributed by atoms with Crippen molar-refractivity contribution in [3.05, 3.63) is 69.2 Å². The molecule has 0 radical (unpaired) electrons. The third-order valence-corrected chi connectivity index (χ3v) is 3.48. The minimum Gasteiger partial charge on any atom is -0.267 e. The number of amides is 2. The number of rotatable bonds is 2. The van der Waals surface area contributed by atoms with Crippen molar-refractivity contribution < 1.29 is 22.8 Å². The van der Waals surface area contributed by atoms with Crippen molar-refractivity contribution in [3.63, 3.8) is 0 Å². The topological polar surface area (TPSA) is 58.2 Å². The molecule has 0 spiro atoms. The molecule has 0 unspecified atom stereocenters. The van der Waals surface area contributed by atoms with Gasteiger partial charge in [0, 0.05) is 10.6 Å². The van der Waals surface area contributed by atoms with Crippen molar-refractivity contribution in [3.8, 4) is 0 Å². The van der Waals surface area contributed by atoms with Crippen LogP contribution in [0.3, 0.4) is 0 Å². The van der Waals surface area contributed by atoms with E-state index in [1.165, 1.54) is 24.3 Å². The van der Waals surface area contributed by atoms with E-state index in [-0.39, 0.29) is 21.2 Å².